The van der Waals surface area contributed by atoms with Gasteiger partial charge in [-0.3, -0.25) is 4.57 Å². The first-order valence-electron chi connectivity index (χ1n) is 5.43. The van der Waals surface area contributed by atoms with E-state index in [-0.39, 0.29) is 6.61 Å². The molecule has 0 amide bonds. The van der Waals surface area contributed by atoms with Crippen molar-refractivity contribution in [3.05, 3.63) is 0 Å². The molecular formula is C9H25N2O6P. The molecule has 0 radical (unpaired) electrons. The average molecular weight is 288 g/mol. The minimum absolute atomic E-state index is 0.0134. The maximum absolute atomic E-state index is 11.1. The molecule has 0 aromatic rings. The Morgan fingerprint density at radius 3 is 2.22 bits per heavy atom. The summed E-state index contributed by atoms with van der Waals surface area (Å²) in [6.07, 6.45) is -1.22. The van der Waals surface area contributed by atoms with E-state index in [0.717, 1.165) is 0 Å². The summed E-state index contributed by atoms with van der Waals surface area (Å²) in [5, 5.41) is 17.3. The Labute approximate surface area is 108 Å². The van der Waals surface area contributed by atoms with Gasteiger partial charge in [0, 0.05) is 0 Å². The highest BCUT2D eigenvalue weighted by Gasteiger charge is 2.14. The van der Waals surface area contributed by atoms with Gasteiger partial charge in [0.2, 0.25) is 0 Å². The maximum atomic E-state index is 11.1. The number of aliphatic hydroxyl groups is 2. The molecule has 112 valence electrons. The number of aliphatic hydroxyl groups excluding tert-OH is 2. The first-order valence-corrected chi connectivity index (χ1v) is 6.89. The smallest absolute Gasteiger partial charge is 0.268 e. The molecule has 0 saturated heterocycles. The summed E-state index contributed by atoms with van der Waals surface area (Å²) in [6.45, 7) is -0.530. The summed E-state index contributed by atoms with van der Waals surface area (Å²) in [5.41, 5.74) is 4.50. The number of nitrogens with two attached hydrogens (primary N) is 1. The molecule has 0 aliphatic carbocycles. The van der Waals surface area contributed by atoms with E-state index in [9.17, 15) is 9.46 Å². The summed E-state index contributed by atoms with van der Waals surface area (Å²) in [6, 6.07) is 0. The normalized spacial score (nSPS) is 16.4. The molecule has 0 aromatic carbocycles. The van der Waals surface area contributed by atoms with Crippen LogP contribution in [0.4, 0.5) is 0 Å². The number of nitrogens with zero attached hydrogens (tertiary/aromatic N) is 1. The summed E-state index contributed by atoms with van der Waals surface area (Å²) < 4.78 is 20.6. The van der Waals surface area contributed by atoms with Crippen LogP contribution in [0.5, 0.6) is 0 Å². The fourth-order valence-electron chi connectivity index (χ4n) is 0.694. The van der Waals surface area contributed by atoms with Crippen molar-refractivity contribution in [1.82, 2.24) is 0 Å². The third-order valence-corrected chi connectivity index (χ3v) is 2.61. The molecule has 0 spiro atoms. The van der Waals surface area contributed by atoms with Crippen LogP contribution < -0.4 is 10.6 Å². The van der Waals surface area contributed by atoms with Crippen LogP contribution in [0.2, 0.25) is 0 Å². The largest absolute Gasteiger partial charge is 0.756 e. The van der Waals surface area contributed by atoms with E-state index in [2.05, 4.69) is 14.8 Å². The highest BCUT2D eigenvalue weighted by atomic mass is 31.2. The summed E-state index contributed by atoms with van der Waals surface area (Å²) in [7, 11) is 2.82. The van der Waals surface area contributed by atoms with E-state index >= 15 is 0 Å². The summed E-state index contributed by atoms with van der Waals surface area (Å²) >= 11 is 0. The molecule has 2 atom stereocenters. The van der Waals surface area contributed by atoms with Crippen LogP contribution in [0, 0.1) is 0 Å². The highest BCUT2D eigenvalue weighted by Crippen LogP contribution is 2.38. The summed E-state index contributed by atoms with van der Waals surface area (Å²) in [4.78, 5) is 11.1. The summed E-state index contributed by atoms with van der Waals surface area (Å²) in [5.74, 6) is 0. The third kappa shape index (κ3) is 14.0. The monoisotopic (exact) mass is 288 g/mol. The predicted molar refractivity (Wildman–Crippen MR) is 65.6 cm³/mol. The molecule has 0 aromatic heterocycles. The molecule has 0 fully saturated rings. The van der Waals surface area contributed by atoms with Crippen molar-refractivity contribution in [3.8, 4) is 0 Å². The third-order valence-electron chi connectivity index (χ3n) is 1.65. The van der Waals surface area contributed by atoms with E-state index < -0.39 is 27.1 Å². The second kappa shape index (κ2) is 9.82. The number of phosphoric acid groups is 1. The number of hydrogen-bond donors (Lipinski definition) is 3. The van der Waals surface area contributed by atoms with Gasteiger partial charge in [-0.2, -0.15) is 0 Å². The molecule has 0 saturated carbocycles. The van der Waals surface area contributed by atoms with Crippen molar-refractivity contribution in [2.45, 2.75) is 6.10 Å². The Morgan fingerprint density at radius 2 is 1.83 bits per heavy atom. The Balaban J connectivity index is 0. The standard InChI is InChI=1S/C8H20NO6P.CH5N/c1-9(2,3)4-5-14-16(12,13)15-7-8(11)6-10;1-2/h8,10-11H,4-7H2,1-3H3;2H2,1H3. The molecule has 18 heavy (non-hydrogen) atoms. The lowest BCUT2D eigenvalue weighted by molar-refractivity contribution is -0.870. The van der Waals surface area contributed by atoms with Gasteiger partial charge in [0.1, 0.15) is 19.3 Å². The number of phosphoric ester groups is 1. The van der Waals surface area contributed by atoms with Crippen LogP contribution in [-0.2, 0) is 13.6 Å². The van der Waals surface area contributed by atoms with Crippen molar-refractivity contribution in [2.24, 2.45) is 5.73 Å². The first-order chi connectivity index (χ1) is 8.16. The van der Waals surface area contributed by atoms with E-state index in [4.69, 9.17) is 10.2 Å². The van der Waals surface area contributed by atoms with Crippen molar-refractivity contribution >= 4 is 7.82 Å². The minimum Gasteiger partial charge on any atom is -0.756 e. The van der Waals surface area contributed by atoms with E-state index in [1.54, 1.807) is 0 Å². The molecule has 4 N–H and O–H groups in total. The Hall–Kier alpha value is -0.0500. The van der Waals surface area contributed by atoms with Crippen molar-refractivity contribution in [3.63, 3.8) is 0 Å². The number of likely N-dealkylation sites (N-methyl/N-ethyl adjacent to an activating group) is 1. The van der Waals surface area contributed by atoms with Gasteiger partial charge in [-0.15, -0.1) is 0 Å². The fraction of sp³-hybridized carbons (Fsp3) is 1.00. The lowest BCUT2D eigenvalue weighted by Crippen LogP contribution is -2.37. The minimum atomic E-state index is -4.38. The van der Waals surface area contributed by atoms with Crippen LogP contribution in [-0.4, -0.2) is 75.4 Å². The van der Waals surface area contributed by atoms with E-state index in [1.807, 2.05) is 21.1 Å². The van der Waals surface area contributed by atoms with Crippen LogP contribution in [0.1, 0.15) is 0 Å². The van der Waals surface area contributed by atoms with Crippen LogP contribution in [0.25, 0.3) is 0 Å². The molecule has 9 heteroatoms. The molecule has 0 heterocycles. The van der Waals surface area contributed by atoms with Gasteiger partial charge in [-0.25, -0.2) is 0 Å². The predicted octanol–water partition coefficient (Wildman–Crippen LogP) is -1.88. The molecule has 0 aliphatic rings. The molecule has 0 aliphatic heterocycles. The molecule has 0 rings (SSSR count). The van der Waals surface area contributed by atoms with Gasteiger partial charge in [-0.1, -0.05) is 0 Å². The topological polar surface area (TPSA) is 125 Å². The van der Waals surface area contributed by atoms with Gasteiger partial charge in [0.05, 0.1) is 34.4 Å². The van der Waals surface area contributed by atoms with Gasteiger partial charge < -0.3 is 34.4 Å². The second-order valence-electron chi connectivity index (χ2n) is 4.43. The van der Waals surface area contributed by atoms with Crippen molar-refractivity contribution < 1.29 is 33.2 Å². The zero-order chi connectivity index (χ0) is 14.8. The molecule has 2 unspecified atom stereocenters. The number of quaternary nitrogens is 1. The number of hydrogen-bond acceptors (Lipinski definition) is 7. The molecular weight excluding hydrogens is 263 g/mol. The lowest BCUT2D eigenvalue weighted by Gasteiger charge is -2.27. The molecule has 8 nitrogen and oxygen atoms in total. The van der Waals surface area contributed by atoms with Crippen LogP contribution in [0.15, 0.2) is 0 Å². The zero-order valence-electron chi connectivity index (χ0n) is 11.4. The van der Waals surface area contributed by atoms with Gasteiger partial charge in [-0.05, 0) is 7.05 Å². The van der Waals surface area contributed by atoms with E-state index in [1.165, 1.54) is 7.05 Å². The van der Waals surface area contributed by atoms with E-state index in [0.29, 0.717) is 11.0 Å². The van der Waals surface area contributed by atoms with Gasteiger partial charge >= 0.3 is 0 Å². The quantitative estimate of drug-likeness (QED) is 0.352. The van der Waals surface area contributed by atoms with Crippen LogP contribution >= 0.6 is 7.82 Å². The lowest BCUT2D eigenvalue weighted by atomic mass is 10.4. The zero-order valence-corrected chi connectivity index (χ0v) is 12.3. The number of rotatable bonds is 8. The van der Waals surface area contributed by atoms with Gasteiger partial charge in [0.15, 0.2) is 0 Å². The first kappa shape index (κ1) is 20.3. The Bertz CT molecular complexity index is 246. The Morgan fingerprint density at radius 1 is 1.33 bits per heavy atom. The maximum Gasteiger partial charge on any atom is 0.268 e. The fourth-order valence-corrected chi connectivity index (χ4v) is 1.43. The van der Waals surface area contributed by atoms with Crippen LogP contribution in [0.3, 0.4) is 0 Å². The SMILES string of the molecule is CN.C[N+](C)(C)CCOP(=O)([O-])OCC(O)CO. The molecule has 0 bridgehead atoms. The van der Waals surface area contributed by atoms with Gasteiger partial charge in [0.25, 0.3) is 7.82 Å². The van der Waals surface area contributed by atoms with Crippen molar-refractivity contribution in [2.75, 3.05) is 54.6 Å². The van der Waals surface area contributed by atoms with Crippen molar-refractivity contribution in [1.29, 1.82) is 0 Å². The average Bonchev–Trinajstić information content (AvgIpc) is 2.26. The second-order valence-corrected chi connectivity index (χ2v) is 5.84. The Kier molecular flexibility index (Phi) is 11.1. The highest BCUT2D eigenvalue weighted by molar-refractivity contribution is 7.45.